The number of ketones is 2. The van der Waals surface area contributed by atoms with Crippen LogP contribution in [0.5, 0.6) is 5.75 Å². The molecule has 0 radical (unpaired) electrons. The Kier molecular flexibility index (Phi) is 4.90. The van der Waals surface area contributed by atoms with Crippen molar-refractivity contribution in [2.45, 2.75) is 52.4 Å². The van der Waals surface area contributed by atoms with Crippen LogP contribution in [0.25, 0.3) is 0 Å². The van der Waals surface area contributed by atoms with Gasteiger partial charge in [0.15, 0.2) is 0 Å². The normalized spacial score (nSPS) is 12.1. The third kappa shape index (κ3) is 3.98. The van der Waals surface area contributed by atoms with E-state index in [2.05, 4.69) is 0 Å². The number of phenolic OH excluding ortho intramolecular Hbond substituents is 1. The van der Waals surface area contributed by atoms with Crippen LogP contribution in [0.15, 0.2) is 42.5 Å². The Morgan fingerprint density at radius 3 is 1.52 bits per heavy atom. The van der Waals surface area contributed by atoms with Gasteiger partial charge in [-0.1, -0.05) is 71.9 Å². The van der Waals surface area contributed by atoms with Crippen molar-refractivity contribution in [2.24, 2.45) is 0 Å². The minimum Gasteiger partial charge on any atom is -0.507 e. The summed E-state index contributed by atoms with van der Waals surface area (Å²) in [7, 11) is 0. The first-order chi connectivity index (χ1) is 11.4. The van der Waals surface area contributed by atoms with Crippen LogP contribution in [0.2, 0.25) is 0 Å². The van der Waals surface area contributed by atoms with Crippen molar-refractivity contribution >= 4 is 11.6 Å². The molecular formula is C22H26O3. The van der Waals surface area contributed by atoms with Gasteiger partial charge in [0.1, 0.15) is 5.75 Å². The van der Waals surface area contributed by atoms with Crippen molar-refractivity contribution in [1.29, 1.82) is 0 Å². The van der Waals surface area contributed by atoms with E-state index in [1.54, 1.807) is 42.5 Å². The molecule has 3 heteroatoms. The van der Waals surface area contributed by atoms with Crippen LogP contribution in [-0.4, -0.2) is 16.7 Å². The van der Waals surface area contributed by atoms with Gasteiger partial charge in [-0.2, -0.15) is 0 Å². The number of hydrogen-bond donors (Lipinski definition) is 1. The first-order valence-corrected chi connectivity index (χ1v) is 8.45. The number of aromatic hydroxyl groups is 1. The largest absolute Gasteiger partial charge is 0.507 e. The summed E-state index contributed by atoms with van der Waals surface area (Å²) in [5, 5.41) is 10.7. The minimum atomic E-state index is -0.554. The lowest BCUT2D eigenvalue weighted by Gasteiger charge is -2.28. The molecule has 0 aliphatic heterocycles. The molecule has 0 aliphatic rings. The maximum Gasteiger partial charge on any atom is 0.233 e. The highest BCUT2D eigenvalue weighted by atomic mass is 16.3. The Labute approximate surface area is 149 Å². The smallest absolute Gasteiger partial charge is 0.233 e. The number of benzene rings is 2. The average molecular weight is 338 g/mol. The van der Waals surface area contributed by atoms with E-state index in [9.17, 15) is 14.7 Å². The monoisotopic (exact) mass is 338 g/mol. The number of Topliss-reactive ketones (excluding diaryl/α,β-unsaturated/α-hetero) is 2. The van der Waals surface area contributed by atoms with E-state index in [4.69, 9.17) is 0 Å². The second-order valence-electron chi connectivity index (χ2n) is 8.44. The molecule has 3 nitrogen and oxygen atoms in total. The molecule has 0 spiro atoms. The standard InChI is InChI=1S/C22H26O3/c1-21(2,3)16-12-15(13-17(20(16)25)22(4,5)6)19(24)18(23)14-10-8-7-9-11-14/h7-13,25H,1-6H3. The zero-order valence-corrected chi connectivity index (χ0v) is 15.8. The molecule has 0 aromatic heterocycles. The van der Waals surface area contributed by atoms with Crippen LogP contribution < -0.4 is 0 Å². The molecule has 0 saturated carbocycles. The van der Waals surface area contributed by atoms with Gasteiger partial charge in [0, 0.05) is 22.3 Å². The van der Waals surface area contributed by atoms with Crippen LogP contribution in [-0.2, 0) is 10.8 Å². The van der Waals surface area contributed by atoms with E-state index >= 15 is 0 Å². The van der Waals surface area contributed by atoms with E-state index in [-0.39, 0.29) is 16.6 Å². The Balaban J connectivity index is 2.62. The first kappa shape index (κ1) is 18.9. The first-order valence-electron chi connectivity index (χ1n) is 8.45. The second-order valence-corrected chi connectivity index (χ2v) is 8.44. The molecule has 0 unspecified atom stereocenters. The Hall–Kier alpha value is -2.42. The van der Waals surface area contributed by atoms with Crippen molar-refractivity contribution in [3.8, 4) is 5.75 Å². The number of hydrogen-bond acceptors (Lipinski definition) is 3. The zero-order chi connectivity index (χ0) is 19.0. The van der Waals surface area contributed by atoms with Crippen molar-refractivity contribution in [3.05, 3.63) is 64.7 Å². The van der Waals surface area contributed by atoms with Crippen molar-refractivity contribution in [1.82, 2.24) is 0 Å². The number of phenols is 1. The number of rotatable bonds is 3. The fourth-order valence-corrected chi connectivity index (χ4v) is 2.76. The van der Waals surface area contributed by atoms with Crippen molar-refractivity contribution in [2.75, 3.05) is 0 Å². The number of carbonyl (C=O) groups is 2. The van der Waals surface area contributed by atoms with Gasteiger partial charge in [-0.3, -0.25) is 9.59 Å². The second kappa shape index (κ2) is 6.47. The molecule has 1 N–H and O–H groups in total. The number of carbonyl (C=O) groups excluding carboxylic acids is 2. The molecule has 0 bridgehead atoms. The van der Waals surface area contributed by atoms with E-state index in [1.807, 2.05) is 41.5 Å². The summed E-state index contributed by atoms with van der Waals surface area (Å²) >= 11 is 0. The maximum atomic E-state index is 12.8. The van der Waals surface area contributed by atoms with Crippen molar-refractivity contribution in [3.63, 3.8) is 0 Å². The zero-order valence-electron chi connectivity index (χ0n) is 15.8. The molecule has 0 heterocycles. The molecule has 25 heavy (non-hydrogen) atoms. The fraction of sp³-hybridized carbons (Fsp3) is 0.364. The summed E-state index contributed by atoms with van der Waals surface area (Å²) in [4.78, 5) is 25.3. The lowest BCUT2D eigenvalue weighted by molar-refractivity contribution is 0.0816. The summed E-state index contributed by atoms with van der Waals surface area (Å²) in [5.74, 6) is -0.892. The quantitative estimate of drug-likeness (QED) is 0.629. The van der Waals surface area contributed by atoms with Crippen LogP contribution >= 0.6 is 0 Å². The van der Waals surface area contributed by atoms with E-state index < -0.39 is 11.6 Å². The molecule has 2 rings (SSSR count). The van der Waals surface area contributed by atoms with E-state index in [1.165, 1.54) is 0 Å². The van der Waals surface area contributed by atoms with Crippen LogP contribution in [0.4, 0.5) is 0 Å². The molecule has 0 atom stereocenters. The molecule has 2 aromatic rings. The molecule has 0 aliphatic carbocycles. The third-order valence-electron chi connectivity index (χ3n) is 4.23. The van der Waals surface area contributed by atoms with Crippen LogP contribution in [0, 0.1) is 0 Å². The summed E-state index contributed by atoms with van der Waals surface area (Å²) in [6.45, 7) is 11.8. The third-order valence-corrected chi connectivity index (χ3v) is 4.23. The van der Waals surface area contributed by atoms with Gasteiger partial charge < -0.3 is 5.11 Å². The summed E-state index contributed by atoms with van der Waals surface area (Å²) < 4.78 is 0. The van der Waals surface area contributed by atoms with E-state index in [0.717, 1.165) is 0 Å². The topological polar surface area (TPSA) is 54.4 Å². The molecule has 0 saturated heterocycles. The summed E-state index contributed by atoms with van der Waals surface area (Å²) in [6.07, 6.45) is 0. The molecule has 0 fully saturated rings. The molecular weight excluding hydrogens is 312 g/mol. The maximum absolute atomic E-state index is 12.8. The highest BCUT2D eigenvalue weighted by Gasteiger charge is 2.29. The average Bonchev–Trinajstić information content (AvgIpc) is 2.52. The minimum absolute atomic E-state index is 0.198. The van der Waals surface area contributed by atoms with Crippen LogP contribution in [0.1, 0.15) is 73.4 Å². The van der Waals surface area contributed by atoms with Gasteiger partial charge in [0.25, 0.3) is 0 Å². The van der Waals surface area contributed by atoms with Crippen LogP contribution in [0.3, 0.4) is 0 Å². The molecule has 132 valence electrons. The van der Waals surface area contributed by atoms with Gasteiger partial charge >= 0.3 is 0 Å². The lowest BCUT2D eigenvalue weighted by Crippen LogP contribution is -2.21. The van der Waals surface area contributed by atoms with Gasteiger partial charge in [-0.05, 0) is 23.0 Å². The Bertz CT molecular complexity index is 768. The predicted molar refractivity (Wildman–Crippen MR) is 101 cm³/mol. The Morgan fingerprint density at radius 1 is 0.720 bits per heavy atom. The molecule has 2 aromatic carbocycles. The predicted octanol–water partition coefficient (Wildman–Crippen LogP) is 5.05. The lowest BCUT2D eigenvalue weighted by atomic mass is 9.77. The highest BCUT2D eigenvalue weighted by molar-refractivity contribution is 6.49. The van der Waals surface area contributed by atoms with Gasteiger partial charge in [-0.15, -0.1) is 0 Å². The fourth-order valence-electron chi connectivity index (χ4n) is 2.76. The van der Waals surface area contributed by atoms with E-state index in [0.29, 0.717) is 22.3 Å². The Morgan fingerprint density at radius 2 is 1.12 bits per heavy atom. The SMILES string of the molecule is CC(C)(C)c1cc(C(=O)C(=O)c2ccccc2)cc(C(C)(C)C)c1O. The van der Waals surface area contributed by atoms with Crippen molar-refractivity contribution < 1.29 is 14.7 Å². The molecule has 0 amide bonds. The summed E-state index contributed by atoms with van der Waals surface area (Å²) in [6, 6.07) is 11.8. The van der Waals surface area contributed by atoms with Gasteiger partial charge in [-0.25, -0.2) is 0 Å². The van der Waals surface area contributed by atoms with Gasteiger partial charge in [0.2, 0.25) is 11.6 Å². The van der Waals surface area contributed by atoms with Gasteiger partial charge in [0.05, 0.1) is 0 Å². The summed E-state index contributed by atoms with van der Waals surface area (Å²) in [5.41, 5.74) is 1.33. The highest BCUT2D eigenvalue weighted by Crippen LogP contribution is 2.39.